The smallest absolute Gasteiger partial charge is 0.166 e. The molecule has 0 heterocycles. The molecule has 0 spiro atoms. The summed E-state index contributed by atoms with van der Waals surface area (Å²) in [5.74, 6) is 4.06. The second-order valence-corrected chi connectivity index (χ2v) is 7.62. The standard InChI is InChI=1S/C19H24O/c1-11-3-4-15(5-12(11)2)19(20)18-16-7-13-6-14(9-16)10-17(18)8-13/h3-5,13-14,16-18H,6-10H2,1-2H3. The van der Waals surface area contributed by atoms with Crippen molar-refractivity contribution in [3.8, 4) is 0 Å². The lowest BCUT2D eigenvalue weighted by atomic mass is 9.51. The monoisotopic (exact) mass is 268 g/mol. The molecule has 0 aromatic heterocycles. The zero-order chi connectivity index (χ0) is 13.9. The van der Waals surface area contributed by atoms with Crippen molar-refractivity contribution in [1.29, 1.82) is 0 Å². The summed E-state index contributed by atoms with van der Waals surface area (Å²) in [6, 6.07) is 6.27. The van der Waals surface area contributed by atoms with Crippen molar-refractivity contribution in [2.75, 3.05) is 0 Å². The van der Waals surface area contributed by atoms with Gasteiger partial charge in [-0.15, -0.1) is 0 Å². The van der Waals surface area contributed by atoms with Crippen molar-refractivity contribution >= 4 is 5.78 Å². The highest BCUT2D eigenvalue weighted by atomic mass is 16.1. The number of rotatable bonds is 2. The predicted octanol–water partition coefficient (Wildman–Crippen LogP) is 4.56. The topological polar surface area (TPSA) is 17.1 Å². The van der Waals surface area contributed by atoms with Gasteiger partial charge in [-0.2, -0.15) is 0 Å². The van der Waals surface area contributed by atoms with Crippen LogP contribution in [0, 0.1) is 43.4 Å². The molecule has 0 atom stereocenters. The molecule has 1 nitrogen and oxygen atoms in total. The summed E-state index contributed by atoms with van der Waals surface area (Å²) in [6.07, 6.45) is 6.77. The molecule has 106 valence electrons. The third-order valence-corrected chi connectivity index (χ3v) is 6.32. The first-order valence-corrected chi connectivity index (χ1v) is 8.23. The Morgan fingerprint density at radius 1 is 0.900 bits per heavy atom. The molecule has 0 radical (unpaired) electrons. The summed E-state index contributed by atoms with van der Waals surface area (Å²) in [4.78, 5) is 13.0. The quantitative estimate of drug-likeness (QED) is 0.719. The fourth-order valence-electron chi connectivity index (χ4n) is 5.44. The second kappa shape index (κ2) is 4.44. The van der Waals surface area contributed by atoms with E-state index in [1.807, 2.05) is 0 Å². The Balaban J connectivity index is 1.63. The Kier molecular flexibility index (Phi) is 2.80. The molecular formula is C19H24O. The first-order valence-electron chi connectivity index (χ1n) is 8.23. The molecular weight excluding hydrogens is 244 g/mol. The predicted molar refractivity (Wildman–Crippen MR) is 80.8 cm³/mol. The van der Waals surface area contributed by atoms with Crippen LogP contribution in [0.2, 0.25) is 0 Å². The van der Waals surface area contributed by atoms with E-state index in [9.17, 15) is 4.79 Å². The van der Waals surface area contributed by atoms with Crippen molar-refractivity contribution in [2.45, 2.75) is 46.0 Å². The number of carbonyl (C=O) groups is 1. The number of hydrogen-bond acceptors (Lipinski definition) is 1. The van der Waals surface area contributed by atoms with E-state index in [4.69, 9.17) is 0 Å². The number of hydrogen-bond donors (Lipinski definition) is 0. The molecule has 1 aromatic carbocycles. The zero-order valence-electron chi connectivity index (χ0n) is 12.6. The third kappa shape index (κ3) is 1.86. The molecule has 0 aliphatic heterocycles. The Morgan fingerprint density at radius 2 is 1.50 bits per heavy atom. The largest absolute Gasteiger partial charge is 0.294 e. The molecule has 4 aliphatic carbocycles. The molecule has 0 N–H and O–H groups in total. The minimum absolute atomic E-state index is 0.338. The number of Topliss-reactive ketones (excluding diaryl/α,β-unsaturated/α-hetero) is 1. The SMILES string of the molecule is Cc1ccc(C(=O)C2C3CC4CC(C3)CC2C4)cc1C. The van der Waals surface area contributed by atoms with Crippen molar-refractivity contribution in [2.24, 2.45) is 29.6 Å². The van der Waals surface area contributed by atoms with Crippen LogP contribution in [0.4, 0.5) is 0 Å². The molecule has 4 bridgehead atoms. The lowest BCUT2D eigenvalue weighted by Gasteiger charge is -2.53. The van der Waals surface area contributed by atoms with Gasteiger partial charge in [0.05, 0.1) is 0 Å². The van der Waals surface area contributed by atoms with Crippen LogP contribution in [0.25, 0.3) is 0 Å². The van der Waals surface area contributed by atoms with Gasteiger partial charge in [-0.3, -0.25) is 4.79 Å². The van der Waals surface area contributed by atoms with Gasteiger partial charge in [0.15, 0.2) is 5.78 Å². The normalized spacial score (nSPS) is 38.2. The molecule has 1 heteroatoms. The van der Waals surface area contributed by atoms with E-state index in [2.05, 4.69) is 32.0 Å². The van der Waals surface area contributed by atoms with Crippen molar-refractivity contribution in [3.05, 3.63) is 34.9 Å². The molecule has 5 rings (SSSR count). The summed E-state index contributed by atoms with van der Waals surface area (Å²) in [5, 5.41) is 0. The molecule has 0 amide bonds. The number of ketones is 1. The summed E-state index contributed by atoms with van der Waals surface area (Å²) < 4.78 is 0. The number of aryl methyl sites for hydroxylation is 2. The molecule has 4 fully saturated rings. The average molecular weight is 268 g/mol. The number of benzene rings is 1. The van der Waals surface area contributed by atoms with E-state index in [1.165, 1.54) is 43.2 Å². The number of carbonyl (C=O) groups excluding carboxylic acids is 1. The Labute approximate surface area is 121 Å². The molecule has 4 aliphatic rings. The maximum absolute atomic E-state index is 13.0. The highest BCUT2D eigenvalue weighted by Crippen LogP contribution is 2.57. The Hall–Kier alpha value is -1.11. The first kappa shape index (κ1) is 12.6. The highest BCUT2D eigenvalue weighted by molar-refractivity contribution is 5.98. The minimum atomic E-state index is 0.338. The fourth-order valence-corrected chi connectivity index (χ4v) is 5.44. The van der Waals surface area contributed by atoms with Crippen LogP contribution < -0.4 is 0 Å². The van der Waals surface area contributed by atoms with Crippen LogP contribution in [0.3, 0.4) is 0 Å². The van der Waals surface area contributed by atoms with Crippen LogP contribution in [0.15, 0.2) is 18.2 Å². The summed E-state index contributed by atoms with van der Waals surface area (Å²) in [6.45, 7) is 4.23. The summed E-state index contributed by atoms with van der Waals surface area (Å²) >= 11 is 0. The highest BCUT2D eigenvalue weighted by Gasteiger charge is 2.50. The first-order chi connectivity index (χ1) is 9.61. The van der Waals surface area contributed by atoms with Crippen molar-refractivity contribution < 1.29 is 4.79 Å². The van der Waals surface area contributed by atoms with Crippen LogP contribution in [0.1, 0.15) is 53.6 Å². The minimum Gasteiger partial charge on any atom is -0.294 e. The molecule has 0 unspecified atom stereocenters. The summed E-state index contributed by atoms with van der Waals surface area (Å²) in [5.41, 5.74) is 3.50. The van der Waals surface area contributed by atoms with Crippen LogP contribution >= 0.6 is 0 Å². The van der Waals surface area contributed by atoms with Gasteiger partial charge in [0.1, 0.15) is 0 Å². The van der Waals surface area contributed by atoms with Crippen LogP contribution in [-0.2, 0) is 0 Å². The van der Waals surface area contributed by atoms with E-state index in [0.717, 1.165) is 17.4 Å². The fraction of sp³-hybridized carbons (Fsp3) is 0.632. The van der Waals surface area contributed by atoms with E-state index in [1.54, 1.807) is 0 Å². The van der Waals surface area contributed by atoms with E-state index < -0.39 is 0 Å². The second-order valence-electron chi connectivity index (χ2n) is 7.62. The van der Waals surface area contributed by atoms with E-state index >= 15 is 0 Å². The third-order valence-electron chi connectivity index (χ3n) is 6.32. The van der Waals surface area contributed by atoms with Crippen molar-refractivity contribution in [1.82, 2.24) is 0 Å². The Morgan fingerprint density at radius 3 is 2.05 bits per heavy atom. The van der Waals surface area contributed by atoms with E-state index in [0.29, 0.717) is 23.5 Å². The lowest BCUT2D eigenvalue weighted by Crippen LogP contribution is -2.48. The molecule has 1 aromatic rings. The van der Waals surface area contributed by atoms with Gasteiger partial charge in [0, 0.05) is 11.5 Å². The lowest BCUT2D eigenvalue weighted by molar-refractivity contribution is -0.0251. The van der Waals surface area contributed by atoms with Gasteiger partial charge in [-0.05, 0) is 86.8 Å². The molecule has 20 heavy (non-hydrogen) atoms. The maximum atomic E-state index is 13.0. The molecule has 4 saturated carbocycles. The maximum Gasteiger partial charge on any atom is 0.166 e. The van der Waals surface area contributed by atoms with E-state index in [-0.39, 0.29) is 0 Å². The zero-order valence-corrected chi connectivity index (χ0v) is 12.6. The van der Waals surface area contributed by atoms with Crippen molar-refractivity contribution in [3.63, 3.8) is 0 Å². The van der Waals surface area contributed by atoms with Gasteiger partial charge < -0.3 is 0 Å². The Bertz CT molecular complexity index is 529. The van der Waals surface area contributed by atoms with Gasteiger partial charge in [-0.1, -0.05) is 12.1 Å². The van der Waals surface area contributed by atoms with Gasteiger partial charge in [0.2, 0.25) is 0 Å². The van der Waals surface area contributed by atoms with Gasteiger partial charge in [0.25, 0.3) is 0 Å². The average Bonchev–Trinajstić information content (AvgIpc) is 2.40. The molecule has 0 saturated heterocycles. The van der Waals surface area contributed by atoms with Crippen LogP contribution in [-0.4, -0.2) is 5.78 Å². The van der Waals surface area contributed by atoms with Crippen LogP contribution in [0.5, 0.6) is 0 Å². The van der Waals surface area contributed by atoms with Gasteiger partial charge in [-0.25, -0.2) is 0 Å². The summed E-state index contributed by atoms with van der Waals surface area (Å²) in [7, 11) is 0. The van der Waals surface area contributed by atoms with Gasteiger partial charge >= 0.3 is 0 Å².